The zero-order valence-electron chi connectivity index (χ0n) is 13.6. The molecule has 122 valence electrons. The van der Waals surface area contributed by atoms with Crippen molar-refractivity contribution in [3.8, 4) is 0 Å². The standard InChI is InChI=1S/C20H19NO3/c1-2-24-19(22)14-17-16-10-6-7-11-18(16)21(20(17)23)13-12-15-8-4-3-5-9-15/h3-11,14H,2,12-13H2,1H3/b17-14+. The molecule has 0 aromatic heterocycles. The molecule has 4 heteroatoms. The van der Waals surface area contributed by atoms with E-state index >= 15 is 0 Å². The Morgan fingerprint density at radius 2 is 1.79 bits per heavy atom. The molecular formula is C20H19NO3. The molecule has 1 aliphatic rings. The molecule has 0 spiro atoms. The van der Waals surface area contributed by atoms with Gasteiger partial charge in [-0.3, -0.25) is 4.79 Å². The Morgan fingerprint density at radius 1 is 1.08 bits per heavy atom. The Balaban J connectivity index is 1.86. The van der Waals surface area contributed by atoms with Gasteiger partial charge in [-0.1, -0.05) is 48.5 Å². The van der Waals surface area contributed by atoms with Crippen molar-refractivity contribution >= 4 is 23.1 Å². The van der Waals surface area contributed by atoms with Gasteiger partial charge in [0.05, 0.1) is 17.9 Å². The lowest BCUT2D eigenvalue weighted by Crippen LogP contribution is -2.28. The SMILES string of the molecule is CCOC(=O)/C=C1/C(=O)N(CCc2ccccc2)c2ccccc21. The van der Waals surface area contributed by atoms with Crippen LogP contribution in [-0.2, 0) is 20.7 Å². The minimum absolute atomic E-state index is 0.153. The van der Waals surface area contributed by atoms with Crippen molar-refractivity contribution in [3.63, 3.8) is 0 Å². The normalized spacial score (nSPS) is 14.8. The van der Waals surface area contributed by atoms with Crippen molar-refractivity contribution in [1.29, 1.82) is 0 Å². The van der Waals surface area contributed by atoms with Gasteiger partial charge in [-0.05, 0) is 25.0 Å². The molecule has 3 rings (SSSR count). The van der Waals surface area contributed by atoms with E-state index in [4.69, 9.17) is 4.74 Å². The monoisotopic (exact) mass is 321 g/mol. The number of hydrogen-bond acceptors (Lipinski definition) is 3. The average molecular weight is 321 g/mol. The summed E-state index contributed by atoms with van der Waals surface area (Å²) < 4.78 is 4.95. The summed E-state index contributed by atoms with van der Waals surface area (Å²) in [5.41, 5.74) is 3.19. The van der Waals surface area contributed by atoms with E-state index in [9.17, 15) is 9.59 Å². The molecule has 24 heavy (non-hydrogen) atoms. The number of rotatable bonds is 5. The highest BCUT2D eigenvalue weighted by atomic mass is 16.5. The number of amides is 1. The first-order valence-electron chi connectivity index (χ1n) is 8.04. The molecule has 0 aliphatic carbocycles. The van der Waals surface area contributed by atoms with Crippen LogP contribution in [0.3, 0.4) is 0 Å². The smallest absolute Gasteiger partial charge is 0.331 e. The maximum atomic E-state index is 12.8. The minimum atomic E-state index is -0.486. The van der Waals surface area contributed by atoms with Crippen molar-refractivity contribution in [3.05, 3.63) is 71.8 Å². The van der Waals surface area contributed by atoms with E-state index in [2.05, 4.69) is 0 Å². The number of hydrogen-bond donors (Lipinski definition) is 0. The molecular weight excluding hydrogens is 302 g/mol. The molecule has 1 amide bonds. The highest BCUT2D eigenvalue weighted by molar-refractivity contribution is 6.34. The maximum absolute atomic E-state index is 12.8. The number of nitrogens with zero attached hydrogens (tertiary/aromatic N) is 1. The first kappa shape index (κ1) is 16.0. The number of carbonyl (C=O) groups excluding carboxylic acids is 2. The third kappa shape index (κ3) is 3.23. The van der Waals surface area contributed by atoms with Crippen molar-refractivity contribution < 1.29 is 14.3 Å². The summed E-state index contributed by atoms with van der Waals surface area (Å²) in [5.74, 6) is -0.638. The summed E-state index contributed by atoms with van der Waals surface area (Å²) in [6, 6.07) is 17.6. The van der Waals surface area contributed by atoms with Crippen LogP contribution in [-0.4, -0.2) is 25.0 Å². The third-order valence-corrected chi connectivity index (χ3v) is 3.98. The molecule has 4 nitrogen and oxygen atoms in total. The Bertz CT molecular complexity index is 780. The van der Waals surface area contributed by atoms with E-state index in [1.807, 2.05) is 54.6 Å². The summed E-state index contributed by atoms with van der Waals surface area (Å²) in [5, 5.41) is 0. The lowest BCUT2D eigenvalue weighted by atomic mass is 10.1. The zero-order valence-corrected chi connectivity index (χ0v) is 13.6. The van der Waals surface area contributed by atoms with Crippen LogP contribution in [0.2, 0.25) is 0 Å². The van der Waals surface area contributed by atoms with Crippen molar-refractivity contribution in [2.24, 2.45) is 0 Å². The van der Waals surface area contributed by atoms with Crippen LogP contribution in [0.4, 0.5) is 5.69 Å². The minimum Gasteiger partial charge on any atom is -0.463 e. The summed E-state index contributed by atoms with van der Waals surface area (Å²) in [4.78, 5) is 26.3. The number of esters is 1. The van der Waals surface area contributed by atoms with Gasteiger partial charge in [0.15, 0.2) is 0 Å². The van der Waals surface area contributed by atoms with E-state index in [1.165, 1.54) is 11.6 Å². The summed E-state index contributed by atoms with van der Waals surface area (Å²) in [7, 11) is 0. The predicted octanol–water partition coefficient (Wildman–Crippen LogP) is 3.22. The van der Waals surface area contributed by atoms with Crippen LogP contribution < -0.4 is 4.90 Å². The quantitative estimate of drug-likeness (QED) is 0.627. The lowest BCUT2D eigenvalue weighted by molar-refractivity contribution is -0.137. The third-order valence-electron chi connectivity index (χ3n) is 3.98. The van der Waals surface area contributed by atoms with Gasteiger partial charge >= 0.3 is 5.97 Å². The van der Waals surface area contributed by atoms with E-state index < -0.39 is 5.97 Å². The number of benzene rings is 2. The molecule has 0 N–H and O–H groups in total. The van der Waals surface area contributed by atoms with Gasteiger partial charge < -0.3 is 9.64 Å². The fourth-order valence-electron chi connectivity index (χ4n) is 2.86. The second kappa shape index (κ2) is 7.13. The fourth-order valence-corrected chi connectivity index (χ4v) is 2.86. The predicted molar refractivity (Wildman–Crippen MR) is 93.6 cm³/mol. The van der Waals surface area contributed by atoms with E-state index in [1.54, 1.807) is 11.8 Å². The molecule has 0 saturated heterocycles. The lowest BCUT2D eigenvalue weighted by Gasteiger charge is -2.17. The fraction of sp³-hybridized carbons (Fsp3) is 0.200. The van der Waals surface area contributed by atoms with Crippen molar-refractivity contribution in [2.75, 3.05) is 18.1 Å². The number of fused-ring (bicyclic) bond motifs is 1. The molecule has 2 aromatic carbocycles. The van der Waals surface area contributed by atoms with Crippen LogP contribution in [0.1, 0.15) is 18.1 Å². The molecule has 0 fully saturated rings. The highest BCUT2D eigenvalue weighted by Crippen LogP contribution is 2.36. The first-order chi connectivity index (χ1) is 11.7. The number of ether oxygens (including phenoxy) is 1. The van der Waals surface area contributed by atoms with Gasteiger partial charge in [0.2, 0.25) is 0 Å². The Hall–Kier alpha value is -2.88. The summed E-state index contributed by atoms with van der Waals surface area (Å²) in [6.45, 7) is 2.60. The van der Waals surface area contributed by atoms with Crippen LogP contribution in [0.15, 0.2) is 60.7 Å². The number of carbonyl (C=O) groups is 2. The number of para-hydroxylation sites is 1. The number of anilines is 1. The molecule has 0 unspecified atom stereocenters. The van der Waals surface area contributed by atoms with Gasteiger partial charge in [0.25, 0.3) is 5.91 Å². The molecule has 1 aliphatic heterocycles. The molecule has 0 radical (unpaired) electrons. The van der Waals surface area contributed by atoms with Crippen molar-refractivity contribution in [2.45, 2.75) is 13.3 Å². The van der Waals surface area contributed by atoms with Gasteiger partial charge in [-0.2, -0.15) is 0 Å². The van der Waals surface area contributed by atoms with E-state index in [0.717, 1.165) is 17.7 Å². The van der Waals surface area contributed by atoms with E-state index in [0.29, 0.717) is 12.1 Å². The van der Waals surface area contributed by atoms with Gasteiger partial charge in [0, 0.05) is 18.2 Å². The largest absolute Gasteiger partial charge is 0.463 e. The second-order valence-corrected chi connectivity index (χ2v) is 5.52. The Morgan fingerprint density at radius 3 is 2.54 bits per heavy atom. The Labute approximate surface area is 141 Å². The average Bonchev–Trinajstić information content (AvgIpc) is 2.86. The second-order valence-electron chi connectivity index (χ2n) is 5.52. The maximum Gasteiger partial charge on any atom is 0.331 e. The van der Waals surface area contributed by atoms with Gasteiger partial charge in [-0.15, -0.1) is 0 Å². The molecule has 0 atom stereocenters. The van der Waals surface area contributed by atoms with Gasteiger partial charge in [-0.25, -0.2) is 4.79 Å². The summed E-state index contributed by atoms with van der Waals surface area (Å²) in [6.07, 6.45) is 2.06. The first-order valence-corrected chi connectivity index (χ1v) is 8.04. The highest BCUT2D eigenvalue weighted by Gasteiger charge is 2.32. The topological polar surface area (TPSA) is 46.6 Å². The van der Waals surface area contributed by atoms with Gasteiger partial charge in [0.1, 0.15) is 0 Å². The van der Waals surface area contributed by atoms with Crippen LogP contribution >= 0.6 is 0 Å². The molecule has 2 aromatic rings. The van der Waals surface area contributed by atoms with Crippen LogP contribution in [0.5, 0.6) is 0 Å². The molecule has 0 bridgehead atoms. The van der Waals surface area contributed by atoms with E-state index in [-0.39, 0.29) is 12.5 Å². The molecule has 1 heterocycles. The molecule has 0 saturated carbocycles. The van der Waals surface area contributed by atoms with Crippen molar-refractivity contribution in [1.82, 2.24) is 0 Å². The zero-order chi connectivity index (χ0) is 16.9. The van der Waals surface area contributed by atoms with Crippen LogP contribution in [0.25, 0.3) is 5.57 Å². The Kier molecular flexibility index (Phi) is 4.75. The van der Waals surface area contributed by atoms with Crippen LogP contribution in [0, 0.1) is 0 Å². The summed E-state index contributed by atoms with van der Waals surface area (Å²) >= 11 is 0.